The fraction of sp³-hybridized carbons (Fsp3) is 0.176. The van der Waals surface area contributed by atoms with Gasteiger partial charge in [-0.2, -0.15) is 0 Å². The maximum atomic E-state index is 12.0. The van der Waals surface area contributed by atoms with Gasteiger partial charge in [0.05, 0.1) is 11.0 Å². The van der Waals surface area contributed by atoms with Crippen LogP contribution in [0.5, 0.6) is 0 Å². The first-order valence-electron chi connectivity index (χ1n) is 7.34. The lowest BCUT2D eigenvalue weighted by Gasteiger charge is -2.14. The Morgan fingerprint density at radius 1 is 1.24 bits per heavy atom. The van der Waals surface area contributed by atoms with Crippen molar-refractivity contribution in [2.24, 2.45) is 0 Å². The van der Waals surface area contributed by atoms with Crippen LogP contribution in [0, 0.1) is 10.1 Å². The molecular weight excluding hydrogens is 348 g/mol. The molecular formula is C17H15ClN2O5. The molecule has 2 rings (SSSR count). The van der Waals surface area contributed by atoms with Crippen molar-refractivity contribution in [1.29, 1.82) is 0 Å². The van der Waals surface area contributed by atoms with Gasteiger partial charge in [0.25, 0.3) is 11.6 Å². The SMILES string of the molecule is C[C@H](NC(=O)COC(=O)c1ccc(Cl)cc1[N+](=O)[O-])c1ccccc1. The summed E-state index contributed by atoms with van der Waals surface area (Å²) in [5, 5.41) is 13.8. The predicted octanol–water partition coefficient (Wildman–Crippen LogP) is 3.28. The first kappa shape index (κ1) is 18.4. The molecule has 0 saturated heterocycles. The van der Waals surface area contributed by atoms with E-state index in [1.807, 2.05) is 30.3 Å². The summed E-state index contributed by atoms with van der Waals surface area (Å²) >= 11 is 5.69. The number of amides is 1. The minimum atomic E-state index is -0.967. The van der Waals surface area contributed by atoms with E-state index in [0.29, 0.717) is 0 Å². The maximum absolute atomic E-state index is 12.0. The summed E-state index contributed by atoms with van der Waals surface area (Å²) in [6.07, 6.45) is 0. The van der Waals surface area contributed by atoms with Crippen LogP contribution < -0.4 is 5.32 Å². The molecule has 0 heterocycles. The van der Waals surface area contributed by atoms with Gasteiger partial charge in [-0.25, -0.2) is 4.79 Å². The lowest BCUT2D eigenvalue weighted by Crippen LogP contribution is -2.31. The van der Waals surface area contributed by atoms with Crippen molar-refractivity contribution in [3.05, 3.63) is 74.8 Å². The predicted molar refractivity (Wildman–Crippen MR) is 91.4 cm³/mol. The topological polar surface area (TPSA) is 98.5 Å². The average Bonchev–Trinajstić information content (AvgIpc) is 2.60. The third-order valence-electron chi connectivity index (χ3n) is 3.39. The van der Waals surface area contributed by atoms with Crippen molar-refractivity contribution in [1.82, 2.24) is 5.32 Å². The average molecular weight is 363 g/mol. The zero-order valence-electron chi connectivity index (χ0n) is 13.3. The highest BCUT2D eigenvalue weighted by Gasteiger charge is 2.22. The van der Waals surface area contributed by atoms with Crippen LogP contribution in [-0.2, 0) is 9.53 Å². The van der Waals surface area contributed by atoms with Gasteiger partial charge >= 0.3 is 5.97 Å². The highest BCUT2D eigenvalue weighted by Crippen LogP contribution is 2.23. The molecule has 0 aliphatic heterocycles. The molecule has 1 atom stereocenters. The number of carbonyl (C=O) groups is 2. The first-order chi connectivity index (χ1) is 11.9. The Morgan fingerprint density at radius 3 is 2.56 bits per heavy atom. The summed E-state index contributed by atoms with van der Waals surface area (Å²) in [6.45, 7) is 1.24. The van der Waals surface area contributed by atoms with Gasteiger partial charge in [0.1, 0.15) is 5.56 Å². The largest absolute Gasteiger partial charge is 0.452 e. The van der Waals surface area contributed by atoms with E-state index in [9.17, 15) is 19.7 Å². The van der Waals surface area contributed by atoms with Crippen molar-refractivity contribution >= 4 is 29.2 Å². The molecule has 0 spiro atoms. The zero-order chi connectivity index (χ0) is 18.4. The Labute approximate surface area is 148 Å². The lowest BCUT2D eigenvalue weighted by atomic mass is 10.1. The first-order valence-corrected chi connectivity index (χ1v) is 7.71. The second kappa shape index (κ2) is 8.25. The third kappa shape index (κ3) is 5.02. The number of nitrogens with one attached hydrogen (secondary N) is 1. The minimum Gasteiger partial charge on any atom is -0.452 e. The fourth-order valence-corrected chi connectivity index (χ4v) is 2.31. The van der Waals surface area contributed by atoms with Gasteiger partial charge in [0, 0.05) is 11.1 Å². The maximum Gasteiger partial charge on any atom is 0.345 e. The minimum absolute atomic E-state index is 0.123. The normalized spacial score (nSPS) is 11.4. The molecule has 130 valence electrons. The lowest BCUT2D eigenvalue weighted by molar-refractivity contribution is -0.385. The number of halogens is 1. The van der Waals surface area contributed by atoms with E-state index in [-0.39, 0.29) is 16.6 Å². The Hall–Kier alpha value is -2.93. The monoisotopic (exact) mass is 362 g/mol. The molecule has 2 aromatic rings. The number of hydrogen-bond acceptors (Lipinski definition) is 5. The van der Waals surface area contributed by atoms with E-state index >= 15 is 0 Å². The molecule has 0 aliphatic rings. The van der Waals surface area contributed by atoms with E-state index < -0.39 is 29.1 Å². The van der Waals surface area contributed by atoms with Crippen LogP contribution in [0.4, 0.5) is 5.69 Å². The molecule has 25 heavy (non-hydrogen) atoms. The second-order valence-electron chi connectivity index (χ2n) is 5.19. The van der Waals surface area contributed by atoms with Crippen molar-refractivity contribution in [2.75, 3.05) is 6.61 Å². The molecule has 0 unspecified atom stereocenters. The Morgan fingerprint density at radius 2 is 1.92 bits per heavy atom. The van der Waals surface area contributed by atoms with Gasteiger partial charge in [-0.05, 0) is 24.6 Å². The number of benzene rings is 2. The number of ether oxygens (including phenoxy) is 1. The van der Waals surface area contributed by atoms with Crippen molar-refractivity contribution < 1.29 is 19.2 Å². The Balaban J connectivity index is 1.96. The summed E-state index contributed by atoms with van der Waals surface area (Å²) in [4.78, 5) is 34.1. The number of nitro groups is 1. The summed E-state index contributed by atoms with van der Waals surface area (Å²) in [5.74, 6) is -1.48. The van der Waals surface area contributed by atoms with Crippen LogP contribution in [-0.4, -0.2) is 23.4 Å². The molecule has 1 amide bonds. The van der Waals surface area contributed by atoms with Crippen LogP contribution >= 0.6 is 11.6 Å². The van der Waals surface area contributed by atoms with Crippen LogP contribution in [0.25, 0.3) is 0 Å². The molecule has 8 heteroatoms. The van der Waals surface area contributed by atoms with Crippen molar-refractivity contribution in [3.8, 4) is 0 Å². The number of rotatable bonds is 6. The molecule has 1 N–H and O–H groups in total. The standard InChI is InChI=1S/C17H15ClN2O5/c1-11(12-5-3-2-4-6-12)19-16(21)10-25-17(22)14-8-7-13(18)9-15(14)20(23)24/h2-9,11H,10H2,1H3,(H,19,21)/t11-/m0/s1. The van der Waals surface area contributed by atoms with E-state index in [1.165, 1.54) is 12.1 Å². The van der Waals surface area contributed by atoms with Crippen LogP contribution in [0.2, 0.25) is 5.02 Å². The zero-order valence-corrected chi connectivity index (χ0v) is 14.0. The van der Waals surface area contributed by atoms with Crippen molar-refractivity contribution in [3.63, 3.8) is 0 Å². The number of carbonyl (C=O) groups excluding carboxylic acids is 2. The van der Waals surface area contributed by atoms with Gasteiger partial charge < -0.3 is 10.1 Å². The number of nitrogens with zero attached hydrogens (tertiary/aromatic N) is 1. The van der Waals surface area contributed by atoms with Gasteiger partial charge in [-0.1, -0.05) is 41.9 Å². The quantitative estimate of drug-likeness (QED) is 0.483. The Kier molecular flexibility index (Phi) is 6.08. The number of hydrogen-bond donors (Lipinski definition) is 1. The summed E-state index contributed by atoms with van der Waals surface area (Å²) in [7, 11) is 0. The molecule has 0 aliphatic carbocycles. The van der Waals surface area contributed by atoms with E-state index in [0.717, 1.165) is 11.6 Å². The highest BCUT2D eigenvalue weighted by molar-refractivity contribution is 6.31. The van der Waals surface area contributed by atoms with E-state index in [2.05, 4.69) is 5.32 Å². The van der Waals surface area contributed by atoms with E-state index in [4.69, 9.17) is 16.3 Å². The Bertz CT molecular complexity index is 795. The molecule has 2 aromatic carbocycles. The second-order valence-corrected chi connectivity index (χ2v) is 5.63. The van der Waals surface area contributed by atoms with Crippen LogP contribution in [0.1, 0.15) is 28.9 Å². The smallest absolute Gasteiger partial charge is 0.345 e. The molecule has 0 bridgehead atoms. The van der Waals surface area contributed by atoms with Gasteiger partial charge in [-0.15, -0.1) is 0 Å². The van der Waals surface area contributed by atoms with Gasteiger partial charge in [-0.3, -0.25) is 14.9 Å². The molecule has 0 fully saturated rings. The summed E-state index contributed by atoms with van der Waals surface area (Å²) < 4.78 is 4.86. The molecule has 0 saturated carbocycles. The summed E-state index contributed by atoms with van der Waals surface area (Å²) in [6, 6.07) is 12.6. The molecule has 0 aromatic heterocycles. The molecule has 7 nitrogen and oxygen atoms in total. The van der Waals surface area contributed by atoms with Crippen molar-refractivity contribution in [2.45, 2.75) is 13.0 Å². The highest BCUT2D eigenvalue weighted by atomic mass is 35.5. The van der Waals surface area contributed by atoms with Gasteiger partial charge in [0.2, 0.25) is 0 Å². The van der Waals surface area contributed by atoms with E-state index in [1.54, 1.807) is 6.92 Å². The summed E-state index contributed by atoms with van der Waals surface area (Å²) in [5.41, 5.74) is 0.157. The van der Waals surface area contributed by atoms with Crippen LogP contribution in [0.15, 0.2) is 48.5 Å². The number of nitro benzene ring substituents is 1. The fourth-order valence-electron chi connectivity index (χ4n) is 2.15. The number of esters is 1. The third-order valence-corrected chi connectivity index (χ3v) is 3.62. The van der Waals surface area contributed by atoms with Gasteiger partial charge in [0.15, 0.2) is 6.61 Å². The van der Waals surface area contributed by atoms with Crippen LogP contribution in [0.3, 0.4) is 0 Å². The molecule has 0 radical (unpaired) electrons.